The zero-order valence-electron chi connectivity index (χ0n) is 10.8. The lowest BCUT2D eigenvalue weighted by atomic mass is 10.2. The van der Waals surface area contributed by atoms with E-state index in [9.17, 15) is 8.78 Å². The van der Waals surface area contributed by atoms with E-state index < -0.39 is 6.61 Å². The summed E-state index contributed by atoms with van der Waals surface area (Å²) in [4.78, 5) is 0. The molecular weight excluding hydrogens is 298 g/mol. The predicted molar refractivity (Wildman–Crippen MR) is 76.6 cm³/mol. The molecule has 0 amide bonds. The quantitative estimate of drug-likeness (QED) is 0.889. The van der Waals surface area contributed by atoms with Crippen molar-refractivity contribution in [3.05, 3.63) is 58.6 Å². The van der Waals surface area contributed by atoms with Gasteiger partial charge in [-0.3, -0.25) is 0 Å². The van der Waals surface area contributed by atoms with Gasteiger partial charge in [-0.2, -0.15) is 14.0 Å². The largest absolute Gasteiger partial charge is 0.435 e. The summed E-state index contributed by atoms with van der Waals surface area (Å²) in [6.45, 7) is -2.33. The third-order valence-electron chi connectivity index (χ3n) is 2.73. The van der Waals surface area contributed by atoms with Crippen molar-refractivity contribution >= 4 is 17.3 Å². The first-order chi connectivity index (χ1) is 10.1. The molecule has 0 aliphatic heterocycles. The van der Waals surface area contributed by atoms with E-state index in [1.807, 2.05) is 6.07 Å². The van der Waals surface area contributed by atoms with Crippen LogP contribution in [0.4, 0.5) is 14.5 Å². The molecule has 2 rings (SSSR count). The van der Waals surface area contributed by atoms with Crippen molar-refractivity contribution in [2.45, 2.75) is 13.2 Å². The fourth-order valence-corrected chi connectivity index (χ4v) is 1.93. The highest BCUT2D eigenvalue weighted by Crippen LogP contribution is 2.21. The molecule has 0 aromatic heterocycles. The van der Waals surface area contributed by atoms with Crippen LogP contribution in [0.1, 0.15) is 11.1 Å². The van der Waals surface area contributed by atoms with Crippen LogP contribution in [0.5, 0.6) is 5.75 Å². The maximum Gasteiger partial charge on any atom is 0.387 e. The molecule has 2 aromatic rings. The van der Waals surface area contributed by atoms with Crippen LogP contribution in [0.2, 0.25) is 5.02 Å². The number of hydrogen-bond acceptors (Lipinski definition) is 3. The molecule has 0 unspecified atom stereocenters. The van der Waals surface area contributed by atoms with Gasteiger partial charge in [0.25, 0.3) is 0 Å². The summed E-state index contributed by atoms with van der Waals surface area (Å²) in [7, 11) is 0. The maximum absolute atomic E-state index is 12.0. The Balaban J connectivity index is 1.97. The molecule has 0 heterocycles. The van der Waals surface area contributed by atoms with Gasteiger partial charge in [0.05, 0.1) is 10.6 Å². The second-order valence-corrected chi connectivity index (χ2v) is 4.59. The van der Waals surface area contributed by atoms with E-state index >= 15 is 0 Å². The summed E-state index contributed by atoms with van der Waals surface area (Å²) in [5, 5.41) is 12.3. The first-order valence-electron chi connectivity index (χ1n) is 6.06. The number of nitrogens with one attached hydrogen (secondary N) is 1. The standard InChI is InChI=1S/C15H11ClF2N2O/c16-14-7-12(4-3-11(14)8-19)20-9-10-1-5-13(6-2-10)21-15(17)18/h1-7,15,20H,9H2. The van der Waals surface area contributed by atoms with Gasteiger partial charge < -0.3 is 10.1 Å². The van der Waals surface area contributed by atoms with Gasteiger partial charge in [-0.15, -0.1) is 0 Å². The van der Waals surface area contributed by atoms with Crippen molar-refractivity contribution in [1.29, 1.82) is 5.26 Å². The Hall–Kier alpha value is -2.32. The monoisotopic (exact) mass is 308 g/mol. The lowest BCUT2D eigenvalue weighted by Crippen LogP contribution is -2.03. The predicted octanol–water partition coefficient (Wildman–Crippen LogP) is 4.43. The Morgan fingerprint density at radius 2 is 1.90 bits per heavy atom. The molecule has 2 aromatic carbocycles. The lowest BCUT2D eigenvalue weighted by Gasteiger charge is -2.09. The number of benzene rings is 2. The lowest BCUT2D eigenvalue weighted by molar-refractivity contribution is -0.0498. The zero-order valence-corrected chi connectivity index (χ0v) is 11.6. The van der Waals surface area contributed by atoms with Crippen molar-refractivity contribution in [2.24, 2.45) is 0 Å². The van der Waals surface area contributed by atoms with Gasteiger partial charge in [0.15, 0.2) is 0 Å². The number of halogens is 3. The minimum absolute atomic E-state index is 0.121. The summed E-state index contributed by atoms with van der Waals surface area (Å²) in [6.07, 6.45) is 0. The first-order valence-corrected chi connectivity index (χ1v) is 6.43. The number of alkyl halides is 2. The zero-order chi connectivity index (χ0) is 15.2. The first kappa shape index (κ1) is 15.1. The van der Waals surface area contributed by atoms with Crippen LogP contribution >= 0.6 is 11.6 Å². The molecule has 0 fully saturated rings. The summed E-state index contributed by atoms with van der Waals surface area (Å²) < 4.78 is 28.3. The van der Waals surface area contributed by atoms with E-state index in [2.05, 4.69) is 10.1 Å². The number of ether oxygens (including phenoxy) is 1. The maximum atomic E-state index is 12.0. The Bertz CT molecular complexity index is 654. The highest BCUT2D eigenvalue weighted by atomic mass is 35.5. The number of hydrogen-bond donors (Lipinski definition) is 1. The van der Waals surface area contributed by atoms with Gasteiger partial charge in [-0.25, -0.2) is 0 Å². The Morgan fingerprint density at radius 3 is 2.48 bits per heavy atom. The van der Waals surface area contributed by atoms with Crippen molar-refractivity contribution in [3.8, 4) is 11.8 Å². The van der Waals surface area contributed by atoms with Gasteiger partial charge in [0.1, 0.15) is 11.8 Å². The van der Waals surface area contributed by atoms with Gasteiger partial charge in [0, 0.05) is 12.2 Å². The van der Waals surface area contributed by atoms with E-state index in [1.165, 1.54) is 12.1 Å². The minimum Gasteiger partial charge on any atom is -0.435 e. The number of anilines is 1. The average Bonchev–Trinajstić information content (AvgIpc) is 2.46. The molecule has 0 saturated carbocycles. The van der Waals surface area contributed by atoms with Gasteiger partial charge in [0.2, 0.25) is 0 Å². The Labute approximate surface area is 125 Å². The van der Waals surface area contributed by atoms with E-state index in [1.54, 1.807) is 30.3 Å². The molecule has 0 atom stereocenters. The molecule has 0 spiro atoms. The Morgan fingerprint density at radius 1 is 1.19 bits per heavy atom. The second-order valence-electron chi connectivity index (χ2n) is 4.18. The molecule has 21 heavy (non-hydrogen) atoms. The molecule has 0 saturated heterocycles. The van der Waals surface area contributed by atoms with Crippen LogP contribution < -0.4 is 10.1 Å². The van der Waals surface area contributed by atoms with E-state index in [0.29, 0.717) is 17.1 Å². The molecule has 1 N–H and O–H groups in total. The van der Waals surface area contributed by atoms with Crippen LogP contribution in [0.25, 0.3) is 0 Å². The highest BCUT2D eigenvalue weighted by molar-refractivity contribution is 6.32. The molecule has 0 aliphatic carbocycles. The molecule has 0 bridgehead atoms. The second kappa shape index (κ2) is 6.91. The average molecular weight is 309 g/mol. The van der Waals surface area contributed by atoms with Crippen LogP contribution in [0.3, 0.4) is 0 Å². The summed E-state index contributed by atoms with van der Waals surface area (Å²) >= 11 is 5.93. The van der Waals surface area contributed by atoms with Crippen LogP contribution in [-0.4, -0.2) is 6.61 Å². The molecule has 6 heteroatoms. The van der Waals surface area contributed by atoms with Gasteiger partial charge in [-0.05, 0) is 35.9 Å². The third-order valence-corrected chi connectivity index (χ3v) is 3.05. The van der Waals surface area contributed by atoms with E-state index in [-0.39, 0.29) is 5.75 Å². The number of rotatable bonds is 5. The smallest absolute Gasteiger partial charge is 0.387 e. The summed E-state index contributed by atoms with van der Waals surface area (Å²) in [5.74, 6) is 0.121. The van der Waals surface area contributed by atoms with Gasteiger partial charge in [-0.1, -0.05) is 23.7 Å². The number of nitriles is 1. The molecular formula is C15H11ClF2N2O. The topological polar surface area (TPSA) is 45.0 Å². The highest BCUT2D eigenvalue weighted by Gasteiger charge is 2.04. The van der Waals surface area contributed by atoms with Crippen molar-refractivity contribution in [1.82, 2.24) is 0 Å². The van der Waals surface area contributed by atoms with E-state index in [0.717, 1.165) is 11.3 Å². The molecule has 108 valence electrons. The van der Waals surface area contributed by atoms with Crippen LogP contribution in [-0.2, 0) is 6.54 Å². The van der Waals surface area contributed by atoms with Crippen molar-refractivity contribution in [2.75, 3.05) is 5.32 Å². The Kier molecular flexibility index (Phi) is 4.96. The summed E-state index contributed by atoms with van der Waals surface area (Å²) in [6, 6.07) is 13.4. The normalized spacial score (nSPS) is 10.2. The van der Waals surface area contributed by atoms with E-state index in [4.69, 9.17) is 16.9 Å². The van der Waals surface area contributed by atoms with Crippen LogP contribution in [0, 0.1) is 11.3 Å². The van der Waals surface area contributed by atoms with Gasteiger partial charge >= 0.3 is 6.61 Å². The fourth-order valence-electron chi connectivity index (χ4n) is 1.71. The molecule has 0 radical (unpaired) electrons. The van der Waals surface area contributed by atoms with Crippen molar-refractivity contribution < 1.29 is 13.5 Å². The van der Waals surface area contributed by atoms with Crippen molar-refractivity contribution in [3.63, 3.8) is 0 Å². The van der Waals surface area contributed by atoms with Crippen LogP contribution in [0.15, 0.2) is 42.5 Å². The minimum atomic E-state index is -2.82. The fraction of sp³-hybridized carbons (Fsp3) is 0.133. The molecule has 3 nitrogen and oxygen atoms in total. The molecule has 0 aliphatic rings. The summed E-state index contributed by atoms with van der Waals surface area (Å²) in [5.41, 5.74) is 2.08. The third kappa shape index (κ3) is 4.33. The number of nitrogens with zero attached hydrogens (tertiary/aromatic N) is 1. The SMILES string of the molecule is N#Cc1ccc(NCc2ccc(OC(F)F)cc2)cc1Cl.